The summed E-state index contributed by atoms with van der Waals surface area (Å²) in [4.78, 5) is 0. The molecular weight excluding hydrogens is 146 g/mol. The molecule has 2 rings (SSSR count). The van der Waals surface area contributed by atoms with Crippen LogP contribution in [0.3, 0.4) is 0 Å². The number of nitrogens with one attached hydrogen (secondary N) is 1. The Bertz CT molecular complexity index is 326. The Morgan fingerprint density at radius 1 is 1.25 bits per heavy atom. The van der Waals surface area contributed by atoms with Gasteiger partial charge in [0.25, 0.3) is 0 Å². The minimum absolute atomic E-state index is 0.559. The standard InChI is InChI=1S/C11H13N/c1-8-7-11(12-2)10-6-4-3-5-9(8)10/h3-8,12H,1-2H3/t8-/m0/s1. The molecule has 1 nitrogen and oxygen atoms in total. The van der Waals surface area contributed by atoms with Crippen LogP contribution in [0.25, 0.3) is 5.70 Å². The Hall–Kier alpha value is -1.24. The Morgan fingerprint density at radius 2 is 2.00 bits per heavy atom. The molecule has 0 heterocycles. The van der Waals surface area contributed by atoms with Crippen molar-refractivity contribution >= 4 is 5.70 Å². The van der Waals surface area contributed by atoms with Gasteiger partial charge in [-0.25, -0.2) is 0 Å². The van der Waals surface area contributed by atoms with Crippen molar-refractivity contribution in [1.29, 1.82) is 0 Å². The quantitative estimate of drug-likeness (QED) is 0.663. The Kier molecular flexibility index (Phi) is 1.65. The second-order valence-electron chi connectivity index (χ2n) is 3.21. The predicted octanol–water partition coefficient (Wildman–Crippen LogP) is 2.36. The molecule has 0 bridgehead atoms. The molecule has 0 saturated carbocycles. The Balaban J connectivity index is 2.53. The van der Waals surface area contributed by atoms with Crippen molar-refractivity contribution in [2.45, 2.75) is 12.8 Å². The van der Waals surface area contributed by atoms with Crippen molar-refractivity contribution in [1.82, 2.24) is 5.32 Å². The summed E-state index contributed by atoms with van der Waals surface area (Å²) in [5.74, 6) is 0.559. The van der Waals surface area contributed by atoms with E-state index in [-0.39, 0.29) is 0 Å². The molecule has 1 aliphatic carbocycles. The van der Waals surface area contributed by atoms with Crippen molar-refractivity contribution in [3.63, 3.8) is 0 Å². The fourth-order valence-electron chi connectivity index (χ4n) is 1.79. The summed E-state index contributed by atoms with van der Waals surface area (Å²) < 4.78 is 0. The van der Waals surface area contributed by atoms with Crippen LogP contribution in [0, 0.1) is 0 Å². The minimum Gasteiger partial charge on any atom is -0.388 e. The first-order valence-electron chi connectivity index (χ1n) is 4.32. The van der Waals surface area contributed by atoms with E-state index in [4.69, 9.17) is 0 Å². The monoisotopic (exact) mass is 159 g/mol. The average Bonchev–Trinajstić information content (AvgIpc) is 2.44. The zero-order valence-corrected chi connectivity index (χ0v) is 7.46. The van der Waals surface area contributed by atoms with Gasteiger partial charge in [0.1, 0.15) is 0 Å². The lowest BCUT2D eigenvalue weighted by Gasteiger charge is -2.04. The molecule has 0 amide bonds. The summed E-state index contributed by atoms with van der Waals surface area (Å²) >= 11 is 0. The number of hydrogen-bond donors (Lipinski definition) is 1. The van der Waals surface area contributed by atoms with Crippen LogP contribution >= 0.6 is 0 Å². The molecule has 62 valence electrons. The van der Waals surface area contributed by atoms with Crippen LogP contribution in [-0.2, 0) is 0 Å². The molecule has 1 N–H and O–H groups in total. The molecule has 1 aromatic carbocycles. The molecule has 0 aromatic heterocycles. The number of hydrogen-bond acceptors (Lipinski definition) is 1. The van der Waals surface area contributed by atoms with E-state index in [0.29, 0.717) is 5.92 Å². The highest BCUT2D eigenvalue weighted by Crippen LogP contribution is 2.33. The smallest absolute Gasteiger partial charge is 0.0379 e. The van der Waals surface area contributed by atoms with Crippen LogP contribution in [-0.4, -0.2) is 7.05 Å². The van der Waals surface area contributed by atoms with Crippen LogP contribution in [0.2, 0.25) is 0 Å². The third kappa shape index (κ3) is 0.934. The summed E-state index contributed by atoms with van der Waals surface area (Å²) in [6, 6.07) is 8.55. The molecule has 1 aliphatic rings. The van der Waals surface area contributed by atoms with Gasteiger partial charge in [-0.1, -0.05) is 37.3 Å². The third-order valence-electron chi connectivity index (χ3n) is 2.43. The van der Waals surface area contributed by atoms with E-state index in [1.54, 1.807) is 0 Å². The molecule has 0 fully saturated rings. The lowest BCUT2D eigenvalue weighted by Crippen LogP contribution is -2.01. The van der Waals surface area contributed by atoms with Crippen LogP contribution in [0.1, 0.15) is 24.0 Å². The molecule has 12 heavy (non-hydrogen) atoms. The Morgan fingerprint density at radius 3 is 2.75 bits per heavy atom. The van der Waals surface area contributed by atoms with E-state index in [9.17, 15) is 0 Å². The van der Waals surface area contributed by atoms with Gasteiger partial charge in [0, 0.05) is 24.2 Å². The van der Waals surface area contributed by atoms with Crippen molar-refractivity contribution in [2.75, 3.05) is 7.05 Å². The van der Waals surface area contributed by atoms with E-state index >= 15 is 0 Å². The van der Waals surface area contributed by atoms with Gasteiger partial charge in [0.15, 0.2) is 0 Å². The lowest BCUT2D eigenvalue weighted by molar-refractivity contribution is 0.988. The molecular formula is C11H13N. The van der Waals surface area contributed by atoms with Crippen LogP contribution < -0.4 is 5.32 Å². The molecule has 0 radical (unpaired) electrons. The van der Waals surface area contributed by atoms with Crippen molar-refractivity contribution in [2.24, 2.45) is 0 Å². The first-order valence-corrected chi connectivity index (χ1v) is 4.32. The Labute approximate surface area is 73.1 Å². The van der Waals surface area contributed by atoms with Gasteiger partial charge in [-0.3, -0.25) is 0 Å². The number of rotatable bonds is 1. The second-order valence-corrected chi connectivity index (χ2v) is 3.21. The van der Waals surface area contributed by atoms with Crippen LogP contribution in [0.15, 0.2) is 30.3 Å². The highest BCUT2D eigenvalue weighted by molar-refractivity contribution is 5.73. The fourth-order valence-corrected chi connectivity index (χ4v) is 1.79. The van der Waals surface area contributed by atoms with Gasteiger partial charge in [-0.05, 0) is 5.56 Å². The zero-order valence-electron chi connectivity index (χ0n) is 7.46. The maximum Gasteiger partial charge on any atom is 0.0379 e. The second kappa shape index (κ2) is 2.67. The topological polar surface area (TPSA) is 12.0 Å². The van der Waals surface area contributed by atoms with Crippen LogP contribution in [0.5, 0.6) is 0 Å². The average molecular weight is 159 g/mol. The summed E-state index contributed by atoms with van der Waals surface area (Å²) in [5.41, 5.74) is 4.05. The largest absolute Gasteiger partial charge is 0.388 e. The molecule has 0 saturated heterocycles. The van der Waals surface area contributed by atoms with Gasteiger partial charge in [-0.15, -0.1) is 0 Å². The summed E-state index contributed by atoms with van der Waals surface area (Å²) in [7, 11) is 1.97. The molecule has 1 heteroatoms. The summed E-state index contributed by atoms with van der Waals surface area (Å²) in [5, 5.41) is 3.21. The number of allylic oxidation sites excluding steroid dienone is 1. The van der Waals surface area contributed by atoms with Gasteiger partial charge in [0.2, 0.25) is 0 Å². The number of benzene rings is 1. The molecule has 0 spiro atoms. The first-order chi connectivity index (χ1) is 5.83. The van der Waals surface area contributed by atoms with Gasteiger partial charge in [0.05, 0.1) is 0 Å². The van der Waals surface area contributed by atoms with E-state index < -0.39 is 0 Å². The maximum absolute atomic E-state index is 3.21. The minimum atomic E-state index is 0.559. The van der Waals surface area contributed by atoms with E-state index in [2.05, 4.69) is 42.6 Å². The lowest BCUT2D eigenvalue weighted by atomic mass is 10.0. The van der Waals surface area contributed by atoms with Crippen LogP contribution in [0.4, 0.5) is 0 Å². The zero-order chi connectivity index (χ0) is 8.55. The highest BCUT2D eigenvalue weighted by Gasteiger charge is 2.17. The molecule has 1 atom stereocenters. The SMILES string of the molecule is CNC1=C[C@H](C)c2ccccc21. The van der Waals surface area contributed by atoms with E-state index in [1.807, 2.05) is 7.05 Å². The van der Waals surface area contributed by atoms with E-state index in [0.717, 1.165) is 0 Å². The molecule has 0 unspecified atom stereocenters. The van der Waals surface area contributed by atoms with Crippen molar-refractivity contribution in [3.05, 3.63) is 41.5 Å². The maximum atomic E-state index is 3.21. The third-order valence-corrected chi connectivity index (χ3v) is 2.43. The first kappa shape index (κ1) is 7.41. The highest BCUT2D eigenvalue weighted by atomic mass is 14.8. The summed E-state index contributed by atoms with van der Waals surface area (Å²) in [6.07, 6.45) is 2.27. The van der Waals surface area contributed by atoms with Crippen molar-refractivity contribution < 1.29 is 0 Å². The van der Waals surface area contributed by atoms with Gasteiger partial charge < -0.3 is 5.32 Å². The fraction of sp³-hybridized carbons (Fsp3) is 0.273. The normalized spacial score (nSPS) is 20.2. The molecule has 0 aliphatic heterocycles. The summed E-state index contributed by atoms with van der Waals surface area (Å²) in [6.45, 7) is 2.23. The van der Waals surface area contributed by atoms with Crippen molar-refractivity contribution in [3.8, 4) is 0 Å². The molecule has 1 aromatic rings. The number of fused-ring (bicyclic) bond motifs is 1. The predicted molar refractivity (Wildman–Crippen MR) is 51.9 cm³/mol. The van der Waals surface area contributed by atoms with E-state index in [1.165, 1.54) is 16.8 Å². The van der Waals surface area contributed by atoms with Gasteiger partial charge in [-0.2, -0.15) is 0 Å². The van der Waals surface area contributed by atoms with Gasteiger partial charge >= 0.3 is 0 Å².